The lowest BCUT2D eigenvalue weighted by Gasteiger charge is -2.02. The second-order valence-electron chi connectivity index (χ2n) is 5.25. The highest BCUT2D eigenvalue weighted by Gasteiger charge is 2.16. The standard InChI is InChI=1S/C17H16N4O/c1-11-6-8-13(9-7-11)15-19-17(18)21(20-15)16(22)14-5-3-4-12(2)10-14/h3-10H,1-2H3,(H2,18,19,20). The highest BCUT2D eigenvalue weighted by molar-refractivity contribution is 5.97. The molecule has 1 heterocycles. The first kappa shape index (κ1) is 14.0. The summed E-state index contributed by atoms with van der Waals surface area (Å²) in [5, 5.41) is 4.25. The van der Waals surface area contributed by atoms with E-state index in [1.54, 1.807) is 12.1 Å². The van der Waals surface area contributed by atoms with Crippen LogP contribution in [0.15, 0.2) is 48.5 Å². The summed E-state index contributed by atoms with van der Waals surface area (Å²) in [6, 6.07) is 15.0. The van der Waals surface area contributed by atoms with Gasteiger partial charge in [0.25, 0.3) is 5.91 Å². The molecule has 0 saturated heterocycles. The van der Waals surface area contributed by atoms with Crippen molar-refractivity contribution in [2.75, 3.05) is 5.73 Å². The first-order valence-electron chi connectivity index (χ1n) is 6.95. The maximum absolute atomic E-state index is 12.5. The van der Waals surface area contributed by atoms with Gasteiger partial charge in [-0.1, -0.05) is 47.5 Å². The number of aryl methyl sites for hydroxylation is 2. The zero-order valence-corrected chi connectivity index (χ0v) is 12.4. The van der Waals surface area contributed by atoms with Crippen LogP contribution in [-0.4, -0.2) is 20.7 Å². The monoisotopic (exact) mass is 292 g/mol. The van der Waals surface area contributed by atoms with E-state index in [1.165, 1.54) is 0 Å². The molecule has 2 aromatic carbocycles. The summed E-state index contributed by atoms with van der Waals surface area (Å²) in [6.07, 6.45) is 0. The fourth-order valence-corrected chi connectivity index (χ4v) is 2.20. The molecule has 0 amide bonds. The second-order valence-corrected chi connectivity index (χ2v) is 5.25. The zero-order chi connectivity index (χ0) is 15.7. The zero-order valence-electron chi connectivity index (χ0n) is 12.4. The predicted molar refractivity (Wildman–Crippen MR) is 85.5 cm³/mol. The topological polar surface area (TPSA) is 73.8 Å². The Morgan fingerprint density at radius 2 is 1.77 bits per heavy atom. The maximum atomic E-state index is 12.5. The molecule has 0 saturated carbocycles. The Morgan fingerprint density at radius 3 is 2.45 bits per heavy atom. The summed E-state index contributed by atoms with van der Waals surface area (Å²) >= 11 is 0. The summed E-state index contributed by atoms with van der Waals surface area (Å²) < 4.78 is 1.14. The Kier molecular flexibility index (Phi) is 3.47. The van der Waals surface area contributed by atoms with Gasteiger partial charge in [0.05, 0.1) is 0 Å². The van der Waals surface area contributed by atoms with Crippen molar-refractivity contribution in [1.29, 1.82) is 0 Å². The minimum absolute atomic E-state index is 0.0853. The molecule has 22 heavy (non-hydrogen) atoms. The number of nitrogen functional groups attached to an aromatic ring is 1. The minimum atomic E-state index is -0.285. The smallest absolute Gasteiger partial charge is 0.281 e. The summed E-state index contributed by atoms with van der Waals surface area (Å²) in [4.78, 5) is 16.7. The quantitative estimate of drug-likeness (QED) is 0.788. The van der Waals surface area contributed by atoms with Crippen molar-refractivity contribution < 1.29 is 4.79 Å². The van der Waals surface area contributed by atoms with Gasteiger partial charge in [-0.15, -0.1) is 5.10 Å². The number of nitrogens with zero attached hydrogens (tertiary/aromatic N) is 3. The third-order valence-corrected chi connectivity index (χ3v) is 3.40. The van der Waals surface area contributed by atoms with Crippen molar-refractivity contribution >= 4 is 11.9 Å². The summed E-state index contributed by atoms with van der Waals surface area (Å²) in [6.45, 7) is 3.94. The Labute approximate surface area is 128 Å². The van der Waals surface area contributed by atoms with Crippen LogP contribution in [0.25, 0.3) is 11.4 Å². The van der Waals surface area contributed by atoms with E-state index < -0.39 is 0 Å². The number of rotatable bonds is 2. The molecule has 0 spiro atoms. The van der Waals surface area contributed by atoms with Crippen LogP contribution in [0, 0.1) is 13.8 Å². The molecule has 2 N–H and O–H groups in total. The van der Waals surface area contributed by atoms with E-state index in [4.69, 9.17) is 5.73 Å². The van der Waals surface area contributed by atoms with E-state index in [2.05, 4.69) is 10.1 Å². The van der Waals surface area contributed by atoms with Gasteiger partial charge in [0.15, 0.2) is 5.82 Å². The largest absolute Gasteiger partial charge is 0.368 e. The van der Waals surface area contributed by atoms with Crippen molar-refractivity contribution in [3.8, 4) is 11.4 Å². The first-order chi connectivity index (χ1) is 10.5. The van der Waals surface area contributed by atoms with Crippen LogP contribution in [0.2, 0.25) is 0 Å². The number of carbonyl (C=O) groups is 1. The van der Waals surface area contributed by atoms with Gasteiger partial charge in [-0.2, -0.15) is 9.67 Å². The molecule has 110 valence electrons. The summed E-state index contributed by atoms with van der Waals surface area (Å²) in [5.74, 6) is 0.243. The van der Waals surface area contributed by atoms with E-state index in [-0.39, 0.29) is 11.9 Å². The summed E-state index contributed by atoms with van der Waals surface area (Å²) in [5.41, 5.74) is 9.36. The molecule has 0 aliphatic heterocycles. The molecule has 0 bridgehead atoms. The normalized spacial score (nSPS) is 10.6. The predicted octanol–water partition coefficient (Wildman–Crippen LogP) is 2.83. The Morgan fingerprint density at radius 1 is 1.05 bits per heavy atom. The van der Waals surface area contributed by atoms with Crippen LogP contribution in [0.5, 0.6) is 0 Å². The molecule has 5 heteroatoms. The third kappa shape index (κ3) is 2.61. The van der Waals surface area contributed by atoms with E-state index >= 15 is 0 Å². The maximum Gasteiger partial charge on any atom is 0.281 e. The van der Waals surface area contributed by atoms with E-state index in [9.17, 15) is 4.79 Å². The van der Waals surface area contributed by atoms with Crippen LogP contribution >= 0.6 is 0 Å². The van der Waals surface area contributed by atoms with Gasteiger partial charge < -0.3 is 5.73 Å². The van der Waals surface area contributed by atoms with Gasteiger partial charge in [0, 0.05) is 11.1 Å². The van der Waals surface area contributed by atoms with Gasteiger partial charge in [0.1, 0.15) is 0 Å². The average Bonchev–Trinajstić information content (AvgIpc) is 2.89. The fraction of sp³-hybridized carbons (Fsp3) is 0.118. The highest BCUT2D eigenvalue weighted by atomic mass is 16.2. The number of benzene rings is 2. The van der Waals surface area contributed by atoms with Crippen LogP contribution < -0.4 is 5.73 Å². The minimum Gasteiger partial charge on any atom is -0.368 e. The van der Waals surface area contributed by atoms with Gasteiger partial charge in [0.2, 0.25) is 5.95 Å². The van der Waals surface area contributed by atoms with Gasteiger partial charge >= 0.3 is 0 Å². The highest BCUT2D eigenvalue weighted by Crippen LogP contribution is 2.18. The van der Waals surface area contributed by atoms with Gasteiger partial charge in [-0.25, -0.2) is 0 Å². The van der Waals surface area contributed by atoms with Crippen LogP contribution in [-0.2, 0) is 0 Å². The first-order valence-corrected chi connectivity index (χ1v) is 6.95. The van der Waals surface area contributed by atoms with E-state index in [1.807, 2.05) is 50.2 Å². The molecule has 0 radical (unpaired) electrons. The molecule has 0 aliphatic rings. The molecule has 5 nitrogen and oxygen atoms in total. The average molecular weight is 292 g/mol. The lowest BCUT2D eigenvalue weighted by molar-refractivity contribution is 0.0948. The molecule has 0 unspecified atom stereocenters. The SMILES string of the molecule is Cc1ccc(-c2nc(N)n(C(=O)c3cccc(C)c3)n2)cc1. The summed E-state index contributed by atoms with van der Waals surface area (Å²) in [7, 11) is 0. The van der Waals surface area contributed by atoms with Crippen molar-refractivity contribution in [3.63, 3.8) is 0 Å². The molecular weight excluding hydrogens is 276 g/mol. The molecular formula is C17H16N4O. The number of hydrogen-bond acceptors (Lipinski definition) is 4. The van der Waals surface area contributed by atoms with Gasteiger partial charge in [-0.3, -0.25) is 4.79 Å². The Hall–Kier alpha value is -2.95. The second kappa shape index (κ2) is 5.44. The van der Waals surface area contributed by atoms with Crippen molar-refractivity contribution in [1.82, 2.24) is 14.8 Å². The van der Waals surface area contributed by atoms with Crippen molar-refractivity contribution in [3.05, 3.63) is 65.2 Å². The van der Waals surface area contributed by atoms with Crippen molar-refractivity contribution in [2.45, 2.75) is 13.8 Å². The molecule has 0 atom stereocenters. The molecule has 0 fully saturated rings. The van der Waals surface area contributed by atoms with Gasteiger partial charge in [-0.05, 0) is 26.0 Å². The number of aromatic nitrogens is 3. The lowest BCUT2D eigenvalue weighted by Crippen LogP contribution is -2.16. The van der Waals surface area contributed by atoms with Crippen molar-refractivity contribution in [2.24, 2.45) is 0 Å². The van der Waals surface area contributed by atoms with Crippen LogP contribution in [0.3, 0.4) is 0 Å². The molecule has 3 rings (SSSR count). The molecule has 0 aliphatic carbocycles. The lowest BCUT2D eigenvalue weighted by atomic mass is 10.1. The number of carbonyl (C=O) groups excluding carboxylic acids is 1. The number of anilines is 1. The van der Waals surface area contributed by atoms with Crippen LogP contribution in [0.1, 0.15) is 21.5 Å². The Bertz CT molecular complexity index is 834. The number of hydrogen-bond donors (Lipinski definition) is 1. The Balaban J connectivity index is 1.99. The van der Waals surface area contributed by atoms with E-state index in [0.29, 0.717) is 11.4 Å². The molecule has 1 aromatic heterocycles. The molecule has 3 aromatic rings. The third-order valence-electron chi connectivity index (χ3n) is 3.40. The van der Waals surface area contributed by atoms with Crippen LogP contribution in [0.4, 0.5) is 5.95 Å². The fourth-order valence-electron chi connectivity index (χ4n) is 2.20. The van der Waals surface area contributed by atoms with E-state index in [0.717, 1.165) is 21.4 Å². The number of nitrogens with two attached hydrogens (primary N) is 1.